The van der Waals surface area contributed by atoms with E-state index >= 15 is 0 Å². The summed E-state index contributed by atoms with van der Waals surface area (Å²) in [5, 5.41) is 4.54. The lowest BCUT2D eigenvalue weighted by molar-refractivity contribution is 0.578. The molecule has 2 aromatic carbocycles. The Kier molecular flexibility index (Phi) is 5.91. The summed E-state index contributed by atoms with van der Waals surface area (Å²) < 4.78 is 1.91. The smallest absolute Gasteiger partial charge is 0.0647 e. The molecule has 3 nitrogen and oxygen atoms in total. The van der Waals surface area contributed by atoms with E-state index in [0.29, 0.717) is 0 Å². The normalized spacial score (nSPS) is 14.0. The van der Waals surface area contributed by atoms with Gasteiger partial charge in [-0.1, -0.05) is 54.7 Å². The van der Waals surface area contributed by atoms with Crippen molar-refractivity contribution in [3.05, 3.63) is 90.8 Å². The Labute approximate surface area is 177 Å². The zero-order chi connectivity index (χ0) is 20.2. The molecular weight excluding hydrogens is 374 g/mol. The highest BCUT2D eigenvalue weighted by atomic mass is 32.2. The second kappa shape index (κ2) is 8.75. The zero-order valence-electron chi connectivity index (χ0n) is 17.0. The van der Waals surface area contributed by atoms with Crippen LogP contribution in [0.5, 0.6) is 0 Å². The Morgan fingerprint density at radius 1 is 0.828 bits per heavy atom. The summed E-state index contributed by atoms with van der Waals surface area (Å²) in [4.78, 5) is 4.41. The highest BCUT2D eigenvalue weighted by Gasteiger charge is 2.12. The van der Waals surface area contributed by atoms with Crippen LogP contribution in [0.15, 0.2) is 74.1 Å². The molecule has 4 heteroatoms. The summed E-state index contributed by atoms with van der Waals surface area (Å²) >= 11 is 1.59. The average Bonchev–Trinajstić information content (AvgIpc) is 3.25. The summed E-state index contributed by atoms with van der Waals surface area (Å²) in [5.41, 5.74) is 5.76. The van der Waals surface area contributed by atoms with E-state index in [2.05, 4.69) is 78.6 Å². The molecule has 0 bridgehead atoms. The molecule has 0 atom stereocenters. The van der Waals surface area contributed by atoms with E-state index in [0.717, 1.165) is 39.7 Å². The Morgan fingerprint density at radius 2 is 1.45 bits per heavy atom. The summed E-state index contributed by atoms with van der Waals surface area (Å²) in [6.45, 7) is 12.9. The fourth-order valence-corrected chi connectivity index (χ4v) is 4.36. The number of hydrogen-bond donors (Lipinski definition) is 0. The minimum atomic E-state index is 0.951. The van der Waals surface area contributed by atoms with Crippen LogP contribution >= 0.6 is 11.8 Å². The predicted molar refractivity (Wildman–Crippen MR) is 126 cm³/mol. The number of benzene rings is 2. The van der Waals surface area contributed by atoms with Crippen LogP contribution in [-0.2, 0) is 0 Å². The van der Waals surface area contributed by atoms with Gasteiger partial charge in [-0.3, -0.25) is 0 Å². The standard InChI is InChI=1S/C25H27N3S/c1-19-7-9-22(10-8-19)20(2)29-21(3)23-17-26-28(18-23)25-13-11-24(12-14-25)27-15-5-4-6-16-27/h7-14,17-18H,2-6,15-16H2,1H3. The van der Waals surface area contributed by atoms with E-state index in [1.165, 1.54) is 30.5 Å². The largest absolute Gasteiger partial charge is 0.372 e. The number of thioether (sulfide) groups is 1. The molecular formula is C25H27N3S. The Hall–Kier alpha value is -2.72. The van der Waals surface area contributed by atoms with Gasteiger partial charge in [0.05, 0.1) is 11.9 Å². The van der Waals surface area contributed by atoms with Gasteiger partial charge in [-0.2, -0.15) is 5.10 Å². The molecule has 1 aliphatic rings. The summed E-state index contributed by atoms with van der Waals surface area (Å²) in [7, 11) is 0. The van der Waals surface area contributed by atoms with Crippen molar-refractivity contribution >= 4 is 27.3 Å². The molecule has 1 saturated heterocycles. The van der Waals surface area contributed by atoms with Gasteiger partial charge in [-0.25, -0.2) is 4.68 Å². The minimum Gasteiger partial charge on any atom is -0.372 e. The lowest BCUT2D eigenvalue weighted by Gasteiger charge is -2.28. The van der Waals surface area contributed by atoms with Crippen LogP contribution in [0, 0.1) is 6.92 Å². The number of aryl methyl sites for hydroxylation is 1. The first kappa shape index (κ1) is 19.6. The van der Waals surface area contributed by atoms with Gasteiger partial charge in [-0.15, -0.1) is 0 Å². The molecule has 4 rings (SSSR count). The maximum absolute atomic E-state index is 4.54. The van der Waals surface area contributed by atoms with Gasteiger partial charge in [0.25, 0.3) is 0 Å². The third kappa shape index (κ3) is 4.65. The quantitative estimate of drug-likeness (QED) is 0.467. The Morgan fingerprint density at radius 3 is 2.14 bits per heavy atom. The number of piperidine rings is 1. The predicted octanol–water partition coefficient (Wildman–Crippen LogP) is 6.55. The van der Waals surface area contributed by atoms with E-state index in [4.69, 9.17) is 0 Å². The molecule has 0 spiro atoms. The molecule has 0 amide bonds. The molecule has 0 saturated carbocycles. The monoisotopic (exact) mass is 401 g/mol. The molecule has 0 aliphatic carbocycles. The fourth-order valence-electron chi connectivity index (χ4n) is 3.58. The molecule has 0 radical (unpaired) electrons. The van der Waals surface area contributed by atoms with E-state index in [-0.39, 0.29) is 0 Å². The summed E-state index contributed by atoms with van der Waals surface area (Å²) in [6, 6.07) is 17.1. The molecule has 1 aliphatic heterocycles. The SMILES string of the molecule is C=C(SC(=C)c1cnn(-c2ccc(N3CCCCC3)cc2)c1)c1ccc(C)cc1. The van der Waals surface area contributed by atoms with E-state index in [9.17, 15) is 0 Å². The van der Waals surface area contributed by atoms with Crippen LogP contribution in [0.4, 0.5) is 5.69 Å². The number of aromatic nitrogens is 2. The van der Waals surface area contributed by atoms with Crippen molar-refractivity contribution in [1.82, 2.24) is 9.78 Å². The molecule has 1 fully saturated rings. The van der Waals surface area contributed by atoms with Gasteiger partial charge >= 0.3 is 0 Å². The first-order valence-corrected chi connectivity index (χ1v) is 10.9. The lowest BCUT2D eigenvalue weighted by atomic mass is 10.1. The van der Waals surface area contributed by atoms with Crippen molar-refractivity contribution in [3.63, 3.8) is 0 Å². The van der Waals surface area contributed by atoms with E-state index < -0.39 is 0 Å². The molecule has 0 unspecified atom stereocenters. The van der Waals surface area contributed by atoms with E-state index in [1.807, 2.05) is 17.1 Å². The average molecular weight is 402 g/mol. The second-order valence-corrected chi connectivity index (χ2v) is 8.74. The first-order chi connectivity index (χ1) is 14.1. The summed E-state index contributed by atoms with van der Waals surface area (Å²) in [6.07, 6.45) is 7.84. The van der Waals surface area contributed by atoms with Gasteiger partial charge in [0.1, 0.15) is 0 Å². The number of rotatable bonds is 6. The van der Waals surface area contributed by atoms with Crippen LogP contribution in [0.2, 0.25) is 0 Å². The number of nitrogens with zero attached hydrogens (tertiary/aromatic N) is 3. The summed E-state index contributed by atoms with van der Waals surface area (Å²) in [5.74, 6) is 0. The number of anilines is 1. The highest BCUT2D eigenvalue weighted by Crippen LogP contribution is 2.36. The van der Waals surface area contributed by atoms with Gasteiger partial charge in [0.15, 0.2) is 0 Å². The molecule has 2 heterocycles. The number of hydrogen-bond acceptors (Lipinski definition) is 3. The van der Waals surface area contributed by atoms with Gasteiger partial charge < -0.3 is 4.90 Å². The second-order valence-electron chi connectivity index (χ2n) is 7.55. The fraction of sp³-hybridized carbons (Fsp3) is 0.240. The van der Waals surface area contributed by atoms with Crippen molar-refractivity contribution in [3.8, 4) is 5.69 Å². The van der Waals surface area contributed by atoms with Gasteiger partial charge in [-0.05, 0) is 56.0 Å². The molecule has 1 aromatic heterocycles. The molecule has 0 N–H and O–H groups in total. The van der Waals surface area contributed by atoms with Crippen molar-refractivity contribution < 1.29 is 0 Å². The van der Waals surface area contributed by atoms with Gasteiger partial charge in [0, 0.05) is 40.3 Å². The van der Waals surface area contributed by atoms with E-state index in [1.54, 1.807) is 11.8 Å². The first-order valence-electron chi connectivity index (χ1n) is 10.1. The maximum atomic E-state index is 4.54. The van der Waals surface area contributed by atoms with Crippen molar-refractivity contribution in [2.75, 3.05) is 18.0 Å². The van der Waals surface area contributed by atoms with Crippen LogP contribution in [-0.4, -0.2) is 22.9 Å². The van der Waals surface area contributed by atoms with Crippen molar-refractivity contribution in [2.24, 2.45) is 0 Å². The minimum absolute atomic E-state index is 0.951. The molecule has 29 heavy (non-hydrogen) atoms. The topological polar surface area (TPSA) is 21.1 Å². The van der Waals surface area contributed by atoms with Crippen LogP contribution in [0.25, 0.3) is 15.5 Å². The van der Waals surface area contributed by atoms with Gasteiger partial charge in [0.2, 0.25) is 0 Å². The highest BCUT2D eigenvalue weighted by molar-refractivity contribution is 8.16. The zero-order valence-corrected chi connectivity index (χ0v) is 17.8. The van der Waals surface area contributed by atoms with Crippen LogP contribution < -0.4 is 4.90 Å². The molecule has 3 aromatic rings. The molecule has 148 valence electrons. The van der Waals surface area contributed by atoms with Crippen LogP contribution in [0.1, 0.15) is 36.0 Å². The Balaban J connectivity index is 1.42. The Bertz CT molecular complexity index is 993. The van der Waals surface area contributed by atoms with Crippen LogP contribution in [0.3, 0.4) is 0 Å². The van der Waals surface area contributed by atoms with Crippen molar-refractivity contribution in [2.45, 2.75) is 26.2 Å². The third-order valence-corrected chi connectivity index (χ3v) is 6.32. The maximum Gasteiger partial charge on any atom is 0.0647 e. The lowest BCUT2D eigenvalue weighted by Crippen LogP contribution is -2.29. The van der Waals surface area contributed by atoms with Crippen molar-refractivity contribution in [1.29, 1.82) is 0 Å². The third-order valence-electron chi connectivity index (χ3n) is 5.36.